The molecule has 0 bridgehead atoms. The van der Waals surface area contributed by atoms with Crippen LogP contribution in [0.25, 0.3) is 5.69 Å². The van der Waals surface area contributed by atoms with E-state index in [4.69, 9.17) is 0 Å². The Morgan fingerprint density at radius 2 is 1.92 bits per heavy atom. The average molecular weight is 355 g/mol. The minimum absolute atomic E-state index is 0.201. The molecule has 0 radical (unpaired) electrons. The first-order valence-electron chi connectivity index (χ1n) is 9.16. The summed E-state index contributed by atoms with van der Waals surface area (Å²) in [4.78, 5) is 24.1. The van der Waals surface area contributed by atoms with Gasteiger partial charge >= 0.3 is 5.97 Å². The zero-order chi connectivity index (χ0) is 18.8. The molecule has 0 saturated carbocycles. The van der Waals surface area contributed by atoms with E-state index in [0.717, 1.165) is 42.6 Å². The van der Waals surface area contributed by atoms with Crippen molar-refractivity contribution < 1.29 is 14.7 Å². The molecule has 26 heavy (non-hydrogen) atoms. The van der Waals surface area contributed by atoms with Crippen molar-refractivity contribution in [1.29, 1.82) is 0 Å². The summed E-state index contributed by atoms with van der Waals surface area (Å²) < 4.78 is 1.84. The van der Waals surface area contributed by atoms with Crippen LogP contribution in [0.15, 0.2) is 24.3 Å². The van der Waals surface area contributed by atoms with Gasteiger partial charge in [0.05, 0.1) is 5.69 Å². The highest BCUT2D eigenvalue weighted by atomic mass is 16.4. The number of nitrogens with zero attached hydrogens (tertiary/aromatic N) is 2. The van der Waals surface area contributed by atoms with Crippen molar-refractivity contribution >= 4 is 11.9 Å². The second-order valence-electron chi connectivity index (χ2n) is 7.09. The number of carboxylic acid groups (broad SMARTS) is 1. The van der Waals surface area contributed by atoms with Gasteiger partial charge in [0.2, 0.25) is 0 Å². The lowest BCUT2D eigenvalue weighted by atomic mass is 10.0. The third-order valence-corrected chi connectivity index (χ3v) is 4.95. The van der Waals surface area contributed by atoms with E-state index >= 15 is 0 Å². The van der Waals surface area contributed by atoms with Gasteiger partial charge in [0.1, 0.15) is 6.04 Å². The Hall–Kier alpha value is -2.63. The fourth-order valence-electron chi connectivity index (χ4n) is 3.43. The summed E-state index contributed by atoms with van der Waals surface area (Å²) in [5, 5.41) is 16.5. The van der Waals surface area contributed by atoms with Gasteiger partial charge in [0.25, 0.3) is 5.91 Å². The topological polar surface area (TPSA) is 84.2 Å². The number of carboxylic acids is 1. The van der Waals surface area contributed by atoms with Gasteiger partial charge in [-0.1, -0.05) is 32.9 Å². The lowest BCUT2D eigenvalue weighted by Gasteiger charge is -2.17. The molecule has 1 aliphatic rings. The van der Waals surface area contributed by atoms with Crippen LogP contribution in [0.4, 0.5) is 0 Å². The Labute approximate surface area is 153 Å². The normalized spacial score (nSPS) is 14.3. The molecule has 1 amide bonds. The van der Waals surface area contributed by atoms with E-state index < -0.39 is 17.9 Å². The van der Waals surface area contributed by atoms with Crippen molar-refractivity contribution in [2.24, 2.45) is 5.92 Å². The van der Waals surface area contributed by atoms with Gasteiger partial charge < -0.3 is 10.4 Å². The Morgan fingerprint density at radius 1 is 1.23 bits per heavy atom. The second-order valence-corrected chi connectivity index (χ2v) is 7.09. The maximum Gasteiger partial charge on any atom is 0.326 e. The Morgan fingerprint density at radius 3 is 2.50 bits per heavy atom. The highest BCUT2D eigenvalue weighted by molar-refractivity contribution is 5.96. The number of aryl methyl sites for hydroxylation is 1. The Bertz CT molecular complexity index is 822. The SMILES string of the molecule is CCc1ccc(-n2nc(C(=O)NC(C(=O)O)C(C)C)c3c2CCC3)cc1. The molecule has 2 N–H and O–H groups in total. The smallest absolute Gasteiger partial charge is 0.326 e. The first-order valence-corrected chi connectivity index (χ1v) is 9.16. The lowest BCUT2D eigenvalue weighted by Crippen LogP contribution is -2.44. The van der Waals surface area contributed by atoms with E-state index in [1.807, 2.05) is 16.8 Å². The van der Waals surface area contributed by atoms with Crippen molar-refractivity contribution in [1.82, 2.24) is 15.1 Å². The summed E-state index contributed by atoms with van der Waals surface area (Å²) in [6.45, 7) is 5.66. The minimum atomic E-state index is -1.03. The van der Waals surface area contributed by atoms with E-state index in [-0.39, 0.29) is 5.92 Å². The molecule has 0 aliphatic heterocycles. The van der Waals surface area contributed by atoms with Crippen LogP contribution in [0.1, 0.15) is 54.5 Å². The summed E-state index contributed by atoms with van der Waals surface area (Å²) in [6, 6.07) is 7.24. The molecule has 1 unspecified atom stereocenters. The molecule has 6 nitrogen and oxygen atoms in total. The number of hydrogen-bond acceptors (Lipinski definition) is 3. The van der Waals surface area contributed by atoms with Crippen molar-refractivity contribution in [2.75, 3.05) is 0 Å². The standard InChI is InChI=1S/C20H25N3O3/c1-4-13-8-10-14(11-9-13)23-16-7-5-6-15(16)18(22-23)19(24)21-17(12(2)3)20(25)26/h8-12,17H,4-7H2,1-3H3,(H,21,24)(H,25,26). The summed E-state index contributed by atoms with van der Waals surface area (Å²) in [6.07, 6.45) is 3.62. The second kappa shape index (κ2) is 7.32. The zero-order valence-electron chi connectivity index (χ0n) is 15.5. The third-order valence-electron chi connectivity index (χ3n) is 4.95. The van der Waals surface area contributed by atoms with E-state index in [1.165, 1.54) is 5.56 Å². The number of aromatic nitrogens is 2. The third kappa shape index (κ3) is 3.36. The summed E-state index contributed by atoms with van der Waals surface area (Å²) in [5.74, 6) is -1.64. The van der Waals surface area contributed by atoms with Gasteiger partial charge in [-0.15, -0.1) is 0 Å². The average Bonchev–Trinajstić information content (AvgIpc) is 3.21. The Balaban J connectivity index is 1.94. The lowest BCUT2D eigenvalue weighted by molar-refractivity contribution is -0.140. The first-order chi connectivity index (χ1) is 12.4. The number of benzene rings is 1. The van der Waals surface area contributed by atoms with Gasteiger partial charge in [-0.25, -0.2) is 9.48 Å². The number of nitrogens with one attached hydrogen (secondary N) is 1. The van der Waals surface area contributed by atoms with Gasteiger partial charge in [0.15, 0.2) is 5.69 Å². The van der Waals surface area contributed by atoms with E-state index in [2.05, 4.69) is 29.5 Å². The molecular formula is C20H25N3O3. The van der Waals surface area contributed by atoms with Crippen LogP contribution >= 0.6 is 0 Å². The van der Waals surface area contributed by atoms with Crippen molar-refractivity contribution in [3.63, 3.8) is 0 Å². The summed E-state index contributed by atoms with van der Waals surface area (Å²) in [7, 11) is 0. The van der Waals surface area contributed by atoms with E-state index in [9.17, 15) is 14.7 Å². The van der Waals surface area contributed by atoms with Crippen LogP contribution in [0.2, 0.25) is 0 Å². The maximum absolute atomic E-state index is 12.7. The molecule has 0 fully saturated rings. The van der Waals surface area contributed by atoms with Crippen LogP contribution in [0.5, 0.6) is 0 Å². The molecule has 138 valence electrons. The fraction of sp³-hybridized carbons (Fsp3) is 0.450. The van der Waals surface area contributed by atoms with Gasteiger partial charge in [-0.3, -0.25) is 4.79 Å². The highest BCUT2D eigenvalue weighted by Crippen LogP contribution is 2.28. The van der Waals surface area contributed by atoms with Crippen molar-refractivity contribution in [3.8, 4) is 5.69 Å². The fourth-order valence-corrected chi connectivity index (χ4v) is 3.43. The number of amides is 1. The maximum atomic E-state index is 12.7. The Kier molecular flexibility index (Phi) is 5.11. The predicted octanol–water partition coefficient (Wildman–Crippen LogP) is 2.76. The van der Waals surface area contributed by atoms with Crippen molar-refractivity contribution in [3.05, 3.63) is 46.8 Å². The predicted molar refractivity (Wildman–Crippen MR) is 98.7 cm³/mol. The van der Waals surface area contributed by atoms with Crippen LogP contribution in [-0.2, 0) is 24.1 Å². The molecule has 3 rings (SSSR count). The number of hydrogen-bond donors (Lipinski definition) is 2. The number of aliphatic carboxylic acids is 1. The molecule has 0 spiro atoms. The minimum Gasteiger partial charge on any atom is -0.480 e. The molecular weight excluding hydrogens is 330 g/mol. The van der Waals surface area contributed by atoms with Gasteiger partial charge in [-0.05, 0) is 49.3 Å². The van der Waals surface area contributed by atoms with Gasteiger partial charge in [-0.2, -0.15) is 5.10 Å². The molecule has 1 aromatic carbocycles. The molecule has 1 aliphatic carbocycles. The molecule has 1 aromatic heterocycles. The molecule has 1 heterocycles. The van der Waals surface area contributed by atoms with Crippen LogP contribution in [0.3, 0.4) is 0 Å². The highest BCUT2D eigenvalue weighted by Gasteiger charge is 2.30. The number of rotatable bonds is 6. The molecule has 6 heteroatoms. The monoisotopic (exact) mass is 355 g/mol. The number of carbonyl (C=O) groups excluding carboxylic acids is 1. The molecule has 0 saturated heterocycles. The molecule has 1 atom stereocenters. The summed E-state index contributed by atoms with van der Waals surface area (Å²) in [5.41, 5.74) is 4.52. The van der Waals surface area contributed by atoms with Crippen LogP contribution in [0, 0.1) is 5.92 Å². The van der Waals surface area contributed by atoms with Crippen molar-refractivity contribution in [2.45, 2.75) is 52.5 Å². The van der Waals surface area contributed by atoms with Crippen LogP contribution < -0.4 is 5.32 Å². The van der Waals surface area contributed by atoms with Crippen LogP contribution in [-0.4, -0.2) is 32.8 Å². The van der Waals surface area contributed by atoms with E-state index in [0.29, 0.717) is 5.69 Å². The summed E-state index contributed by atoms with van der Waals surface area (Å²) >= 11 is 0. The van der Waals surface area contributed by atoms with Gasteiger partial charge in [0, 0.05) is 11.3 Å². The van der Waals surface area contributed by atoms with E-state index in [1.54, 1.807) is 13.8 Å². The number of carbonyl (C=O) groups is 2. The largest absolute Gasteiger partial charge is 0.480 e. The quantitative estimate of drug-likeness (QED) is 0.834. The zero-order valence-corrected chi connectivity index (χ0v) is 15.5. The number of fused-ring (bicyclic) bond motifs is 1. The first kappa shape index (κ1) is 18.2. The molecule has 2 aromatic rings.